The number of aliphatic hydroxyl groups is 2. The molecule has 192 valence electrons. The summed E-state index contributed by atoms with van der Waals surface area (Å²) in [6.07, 6.45) is 2.33. The topological polar surface area (TPSA) is 139 Å². The Hall–Kier alpha value is -3.97. The first-order valence-corrected chi connectivity index (χ1v) is 12.2. The van der Waals surface area contributed by atoms with Gasteiger partial charge < -0.3 is 30.5 Å². The number of nitrogens with one attached hydrogen (secondary N) is 2. The SMILES string of the molecule is O=C(CO)N(Cc1ccc(C#Cc2ccc(C(CO)Cc3nc[nH]c(=O)c3O)cc2)cc1)[C@@H]1CCNC1. The molecule has 0 spiro atoms. The Morgan fingerprint density at radius 3 is 2.35 bits per heavy atom. The van der Waals surface area contributed by atoms with Gasteiger partial charge in [-0.3, -0.25) is 9.59 Å². The summed E-state index contributed by atoms with van der Waals surface area (Å²) in [7, 11) is 0. The van der Waals surface area contributed by atoms with Crippen LogP contribution in [-0.2, 0) is 17.8 Å². The largest absolute Gasteiger partial charge is 0.502 e. The molecule has 37 heavy (non-hydrogen) atoms. The number of nitrogens with zero attached hydrogens (tertiary/aromatic N) is 2. The van der Waals surface area contributed by atoms with E-state index in [1.54, 1.807) is 4.90 Å². The van der Waals surface area contributed by atoms with Gasteiger partial charge in [0, 0.05) is 42.6 Å². The van der Waals surface area contributed by atoms with Gasteiger partial charge >= 0.3 is 0 Å². The highest BCUT2D eigenvalue weighted by molar-refractivity contribution is 5.77. The molecule has 1 aliphatic heterocycles. The Kier molecular flexibility index (Phi) is 8.69. The van der Waals surface area contributed by atoms with Crippen LogP contribution in [-0.4, -0.2) is 68.4 Å². The van der Waals surface area contributed by atoms with E-state index in [9.17, 15) is 24.9 Å². The summed E-state index contributed by atoms with van der Waals surface area (Å²) in [5.41, 5.74) is 3.08. The maximum absolute atomic E-state index is 12.2. The van der Waals surface area contributed by atoms with Crippen molar-refractivity contribution in [1.29, 1.82) is 0 Å². The van der Waals surface area contributed by atoms with Crippen LogP contribution in [0.5, 0.6) is 5.75 Å². The average molecular weight is 503 g/mol. The minimum atomic E-state index is -0.609. The fourth-order valence-corrected chi connectivity index (χ4v) is 4.39. The molecule has 2 aromatic carbocycles. The van der Waals surface area contributed by atoms with Crippen LogP contribution in [0.2, 0.25) is 0 Å². The summed E-state index contributed by atoms with van der Waals surface area (Å²) in [4.78, 5) is 31.9. The number of carbonyl (C=O) groups is 1. The van der Waals surface area contributed by atoms with E-state index in [2.05, 4.69) is 27.1 Å². The van der Waals surface area contributed by atoms with Gasteiger partial charge in [0.25, 0.3) is 5.56 Å². The number of H-pyrrole nitrogens is 1. The molecule has 1 unspecified atom stereocenters. The third-order valence-electron chi connectivity index (χ3n) is 6.54. The molecule has 0 radical (unpaired) electrons. The van der Waals surface area contributed by atoms with Crippen LogP contribution in [0.1, 0.15) is 40.3 Å². The van der Waals surface area contributed by atoms with Crippen molar-refractivity contribution < 1.29 is 20.1 Å². The molecule has 1 fully saturated rings. The van der Waals surface area contributed by atoms with Gasteiger partial charge in [-0.25, -0.2) is 4.98 Å². The number of aliphatic hydroxyl groups excluding tert-OH is 2. The fraction of sp³-hybridized carbons (Fsp3) is 0.321. The lowest BCUT2D eigenvalue weighted by molar-refractivity contribution is -0.136. The number of benzene rings is 2. The molecule has 2 heterocycles. The number of aromatic amines is 1. The molecule has 3 aromatic rings. The van der Waals surface area contributed by atoms with E-state index in [1.807, 2.05) is 48.5 Å². The minimum Gasteiger partial charge on any atom is -0.502 e. The molecule has 0 saturated carbocycles. The summed E-state index contributed by atoms with van der Waals surface area (Å²) in [5, 5.41) is 32.4. The Balaban J connectivity index is 1.40. The van der Waals surface area contributed by atoms with Crippen molar-refractivity contribution in [3.05, 3.63) is 93.2 Å². The van der Waals surface area contributed by atoms with Gasteiger partial charge in [0.1, 0.15) is 6.61 Å². The summed E-state index contributed by atoms with van der Waals surface area (Å²) in [6, 6.07) is 15.2. The Morgan fingerprint density at radius 2 is 1.76 bits per heavy atom. The van der Waals surface area contributed by atoms with Crippen LogP contribution in [0.25, 0.3) is 0 Å². The maximum Gasteiger partial charge on any atom is 0.293 e. The third-order valence-corrected chi connectivity index (χ3v) is 6.54. The molecule has 1 amide bonds. The van der Waals surface area contributed by atoms with E-state index < -0.39 is 17.9 Å². The van der Waals surface area contributed by atoms with Gasteiger partial charge in [-0.05, 0) is 48.4 Å². The van der Waals surface area contributed by atoms with E-state index >= 15 is 0 Å². The molecule has 1 aromatic heterocycles. The average Bonchev–Trinajstić information content (AvgIpc) is 3.47. The quantitative estimate of drug-likeness (QED) is 0.288. The molecular weight excluding hydrogens is 472 g/mol. The molecule has 4 rings (SSSR count). The van der Waals surface area contributed by atoms with E-state index in [0.717, 1.165) is 41.8 Å². The predicted octanol–water partition coefficient (Wildman–Crippen LogP) is 0.877. The van der Waals surface area contributed by atoms with Crippen LogP contribution in [0.4, 0.5) is 0 Å². The lowest BCUT2D eigenvalue weighted by atomic mass is 9.94. The van der Waals surface area contributed by atoms with Gasteiger partial charge in [0.05, 0.1) is 18.6 Å². The molecule has 5 N–H and O–H groups in total. The van der Waals surface area contributed by atoms with Crippen LogP contribution >= 0.6 is 0 Å². The summed E-state index contributed by atoms with van der Waals surface area (Å²) < 4.78 is 0. The van der Waals surface area contributed by atoms with Crippen molar-refractivity contribution in [3.8, 4) is 17.6 Å². The zero-order chi connectivity index (χ0) is 26.2. The number of hydrogen-bond acceptors (Lipinski definition) is 7. The predicted molar refractivity (Wildman–Crippen MR) is 138 cm³/mol. The molecule has 2 atom stereocenters. The monoisotopic (exact) mass is 502 g/mol. The number of amides is 1. The molecule has 0 bridgehead atoms. The van der Waals surface area contributed by atoms with Crippen LogP contribution < -0.4 is 10.9 Å². The first-order chi connectivity index (χ1) is 18.0. The molecule has 1 saturated heterocycles. The van der Waals surface area contributed by atoms with Gasteiger partial charge in [-0.1, -0.05) is 36.1 Å². The Morgan fingerprint density at radius 1 is 1.08 bits per heavy atom. The number of carbonyl (C=O) groups excluding carboxylic acids is 1. The molecule has 9 nitrogen and oxygen atoms in total. The standard InChI is InChI=1S/C28H30N4O5/c33-16-23(13-25-27(36)28(37)31-18-30-25)22-9-7-20(8-10-22)2-1-19-3-5-21(6-4-19)15-32(26(35)17-34)24-11-12-29-14-24/h3-10,18,23-24,29,33-34,36H,11-17H2,(H,30,31,37)/t23?,24-/m1/s1. The molecule has 0 aliphatic carbocycles. The van der Waals surface area contributed by atoms with Crippen LogP contribution in [0.15, 0.2) is 59.7 Å². The second-order valence-corrected chi connectivity index (χ2v) is 9.01. The van der Waals surface area contributed by atoms with Gasteiger partial charge in [0.15, 0.2) is 0 Å². The highest BCUT2D eigenvalue weighted by Crippen LogP contribution is 2.23. The zero-order valence-corrected chi connectivity index (χ0v) is 20.4. The molecule has 1 aliphatic rings. The normalized spacial score (nSPS) is 15.6. The number of aromatic hydroxyl groups is 1. The highest BCUT2D eigenvalue weighted by Gasteiger charge is 2.26. The first kappa shape index (κ1) is 26.1. The lowest BCUT2D eigenvalue weighted by Gasteiger charge is -2.28. The zero-order valence-electron chi connectivity index (χ0n) is 20.4. The van der Waals surface area contributed by atoms with Crippen molar-refractivity contribution in [1.82, 2.24) is 20.2 Å². The van der Waals surface area contributed by atoms with Gasteiger partial charge in [-0.15, -0.1) is 0 Å². The second-order valence-electron chi connectivity index (χ2n) is 9.01. The van der Waals surface area contributed by atoms with E-state index in [1.165, 1.54) is 6.33 Å². The summed E-state index contributed by atoms with van der Waals surface area (Å²) in [5.74, 6) is 5.24. The van der Waals surface area contributed by atoms with E-state index in [-0.39, 0.29) is 36.6 Å². The van der Waals surface area contributed by atoms with Crippen molar-refractivity contribution in [2.45, 2.75) is 31.3 Å². The Labute approximate surface area is 214 Å². The molecular formula is C28H30N4O5. The summed E-state index contributed by atoms with van der Waals surface area (Å²) in [6.45, 7) is 1.38. The van der Waals surface area contributed by atoms with Crippen molar-refractivity contribution >= 4 is 5.91 Å². The lowest BCUT2D eigenvalue weighted by Crippen LogP contribution is -2.42. The third kappa shape index (κ3) is 6.62. The number of aromatic nitrogens is 2. The van der Waals surface area contributed by atoms with Crippen molar-refractivity contribution in [3.63, 3.8) is 0 Å². The smallest absolute Gasteiger partial charge is 0.293 e. The number of hydrogen-bond donors (Lipinski definition) is 5. The van der Waals surface area contributed by atoms with Gasteiger partial charge in [-0.2, -0.15) is 0 Å². The van der Waals surface area contributed by atoms with E-state index in [4.69, 9.17) is 0 Å². The first-order valence-electron chi connectivity index (χ1n) is 12.2. The van der Waals surface area contributed by atoms with Gasteiger partial charge in [0.2, 0.25) is 11.7 Å². The molecule has 9 heteroatoms. The van der Waals surface area contributed by atoms with Crippen LogP contribution in [0, 0.1) is 11.8 Å². The van der Waals surface area contributed by atoms with Crippen molar-refractivity contribution in [2.75, 3.05) is 26.3 Å². The highest BCUT2D eigenvalue weighted by atomic mass is 16.3. The fourth-order valence-electron chi connectivity index (χ4n) is 4.39. The van der Waals surface area contributed by atoms with E-state index in [0.29, 0.717) is 6.54 Å². The van der Waals surface area contributed by atoms with Crippen molar-refractivity contribution in [2.24, 2.45) is 0 Å². The maximum atomic E-state index is 12.2. The number of rotatable bonds is 8. The van der Waals surface area contributed by atoms with Crippen LogP contribution in [0.3, 0.4) is 0 Å². The minimum absolute atomic E-state index is 0.0878. The Bertz CT molecular complexity index is 1320. The summed E-state index contributed by atoms with van der Waals surface area (Å²) >= 11 is 0. The second kappa shape index (κ2) is 12.3.